The second-order valence-electron chi connectivity index (χ2n) is 7.79. The molecule has 30 heavy (non-hydrogen) atoms. The third-order valence-corrected chi connectivity index (χ3v) is 5.84. The molecular weight excluding hydrogens is 395 g/mol. The third kappa shape index (κ3) is 4.63. The summed E-state index contributed by atoms with van der Waals surface area (Å²) in [4.78, 5) is 14.9. The molecule has 1 amide bonds. The number of nitriles is 1. The van der Waals surface area contributed by atoms with Gasteiger partial charge in [-0.05, 0) is 31.0 Å². The fraction of sp³-hybridized carbons (Fsp3) is 0.619. The van der Waals surface area contributed by atoms with Crippen molar-refractivity contribution in [1.29, 1.82) is 5.26 Å². The topological polar surface area (TPSA) is 123 Å². The SMILES string of the molecule is COC1CC(O)C(CO)OC1C(=O)N(c1cc(F)cc(C#N)c1)[C@H]1CCCC[C@@H]1O. The van der Waals surface area contributed by atoms with E-state index in [1.165, 1.54) is 18.1 Å². The Morgan fingerprint density at radius 3 is 2.67 bits per heavy atom. The molecule has 8 nitrogen and oxygen atoms in total. The molecule has 164 valence electrons. The molecule has 1 aliphatic heterocycles. The lowest BCUT2D eigenvalue weighted by Crippen LogP contribution is -2.59. The predicted octanol–water partition coefficient (Wildman–Crippen LogP) is 0.860. The van der Waals surface area contributed by atoms with E-state index in [0.717, 1.165) is 25.0 Å². The average molecular weight is 422 g/mol. The number of rotatable bonds is 5. The van der Waals surface area contributed by atoms with Crippen LogP contribution in [0.2, 0.25) is 0 Å². The van der Waals surface area contributed by atoms with Crippen LogP contribution in [0.4, 0.5) is 10.1 Å². The number of ether oxygens (including phenoxy) is 2. The summed E-state index contributed by atoms with van der Waals surface area (Å²) in [5, 5.41) is 39.4. The minimum atomic E-state index is -1.17. The summed E-state index contributed by atoms with van der Waals surface area (Å²) in [7, 11) is 1.38. The van der Waals surface area contributed by atoms with Crippen LogP contribution in [-0.4, -0.2) is 71.5 Å². The van der Waals surface area contributed by atoms with E-state index in [2.05, 4.69) is 0 Å². The van der Waals surface area contributed by atoms with Gasteiger partial charge in [-0.15, -0.1) is 0 Å². The second-order valence-corrected chi connectivity index (χ2v) is 7.79. The molecule has 9 heteroatoms. The Labute approximate surface area is 174 Å². The van der Waals surface area contributed by atoms with E-state index in [1.54, 1.807) is 0 Å². The number of benzene rings is 1. The summed E-state index contributed by atoms with van der Waals surface area (Å²) in [6.45, 7) is -0.480. The van der Waals surface area contributed by atoms with E-state index in [1.807, 2.05) is 6.07 Å². The summed E-state index contributed by atoms with van der Waals surface area (Å²) in [5.41, 5.74) is 0.192. The Balaban J connectivity index is 2.02. The highest BCUT2D eigenvalue weighted by atomic mass is 19.1. The first-order valence-corrected chi connectivity index (χ1v) is 10.1. The first kappa shape index (κ1) is 22.6. The van der Waals surface area contributed by atoms with Crippen molar-refractivity contribution in [2.24, 2.45) is 0 Å². The number of hydrogen-bond donors (Lipinski definition) is 3. The van der Waals surface area contributed by atoms with E-state index >= 15 is 0 Å². The van der Waals surface area contributed by atoms with Gasteiger partial charge in [0.2, 0.25) is 0 Å². The molecule has 3 rings (SSSR count). The van der Waals surface area contributed by atoms with E-state index in [9.17, 15) is 29.8 Å². The second kappa shape index (κ2) is 9.81. The number of hydrogen-bond acceptors (Lipinski definition) is 7. The number of halogens is 1. The van der Waals surface area contributed by atoms with Crippen LogP contribution in [0, 0.1) is 17.1 Å². The lowest BCUT2D eigenvalue weighted by atomic mass is 9.89. The van der Waals surface area contributed by atoms with Crippen LogP contribution in [-0.2, 0) is 14.3 Å². The Kier molecular flexibility index (Phi) is 7.39. The number of methoxy groups -OCH3 is 1. The number of carbonyl (C=O) groups excluding carboxylic acids is 1. The van der Waals surface area contributed by atoms with E-state index in [4.69, 9.17) is 9.47 Å². The largest absolute Gasteiger partial charge is 0.394 e. The van der Waals surface area contributed by atoms with Gasteiger partial charge in [0.15, 0.2) is 6.10 Å². The Morgan fingerprint density at radius 2 is 2.03 bits per heavy atom. The summed E-state index contributed by atoms with van der Waals surface area (Å²) in [5.74, 6) is -1.25. The van der Waals surface area contributed by atoms with E-state index < -0.39 is 54.9 Å². The van der Waals surface area contributed by atoms with Crippen LogP contribution < -0.4 is 4.90 Å². The van der Waals surface area contributed by atoms with Crippen LogP contribution >= 0.6 is 0 Å². The lowest BCUT2D eigenvalue weighted by molar-refractivity contribution is -0.191. The number of anilines is 1. The predicted molar refractivity (Wildman–Crippen MR) is 104 cm³/mol. The number of carbonyl (C=O) groups is 1. The zero-order valence-corrected chi connectivity index (χ0v) is 16.8. The molecule has 0 bridgehead atoms. The molecule has 1 aliphatic carbocycles. The quantitative estimate of drug-likeness (QED) is 0.643. The highest BCUT2D eigenvalue weighted by molar-refractivity contribution is 5.98. The van der Waals surface area contributed by atoms with Gasteiger partial charge in [-0.2, -0.15) is 5.26 Å². The zero-order valence-electron chi connectivity index (χ0n) is 16.8. The fourth-order valence-electron chi connectivity index (χ4n) is 4.27. The van der Waals surface area contributed by atoms with Gasteiger partial charge in [0.25, 0.3) is 5.91 Å². The van der Waals surface area contributed by atoms with Gasteiger partial charge < -0.3 is 29.7 Å². The van der Waals surface area contributed by atoms with Crippen molar-refractivity contribution in [2.45, 2.75) is 68.7 Å². The minimum absolute atomic E-state index is 0.0459. The molecule has 0 radical (unpaired) electrons. The Morgan fingerprint density at radius 1 is 1.30 bits per heavy atom. The average Bonchev–Trinajstić information content (AvgIpc) is 2.74. The van der Waals surface area contributed by atoms with Crippen molar-refractivity contribution in [3.05, 3.63) is 29.6 Å². The maximum atomic E-state index is 14.2. The summed E-state index contributed by atoms with van der Waals surface area (Å²) >= 11 is 0. The Hall–Kier alpha value is -2.09. The first-order chi connectivity index (χ1) is 14.4. The van der Waals surface area contributed by atoms with Crippen LogP contribution in [0.15, 0.2) is 18.2 Å². The standard InChI is InChI=1S/C21H27FN2O6/c1-29-18-9-17(27)19(11-25)30-20(18)21(28)24(15-4-2-3-5-16(15)26)14-7-12(10-23)6-13(22)8-14/h6-8,15-20,25-27H,2-5,9,11H2,1H3/t15-,16-,17?,18?,19?,20?/m0/s1. The maximum absolute atomic E-state index is 14.2. The van der Waals surface area contributed by atoms with Crippen molar-refractivity contribution in [3.63, 3.8) is 0 Å². The van der Waals surface area contributed by atoms with Crippen LogP contribution in [0.25, 0.3) is 0 Å². The molecule has 6 atom stereocenters. The van der Waals surface area contributed by atoms with Gasteiger partial charge in [0.1, 0.15) is 11.9 Å². The number of aliphatic hydroxyl groups excluding tert-OH is 3. The highest BCUT2D eigenvalue weighted by Gasteiger charge is 2.45. The monoisotopic (exact) mass is 422 g/mol. The summed E-state index contributed by atoms with van der Waals surface area (Å²) in [6.07, 6.45) is -2.09. The van der Waals surface area contributed by atoms with Crippen molar-refractivity contribution in [3.8, 4) is 6.07 Å². The number of nitrogens with zero attached hydrogens (tertiary/aromatic N) is 2. The molecule has 4 unspecified atom stereocenters. The van der Waals surface area contributed by atoms with Crippen molar-refractivity contribution < 1.29 is 34.0 Å². The van der Waals surface area contributed by atoms with Gasteiger partial charge in [-0.1, -0.05) is 12.8 Å². The fourth-order valence-corrected chi connectivity index (χ4v) is 4.27. The molecule has 1 aromatic rings. The van der Waals surface area contributed by atoms with Crippen molar-refractivity contribution >= 4 is 11.6 Å². The van der Waals surface area contributed by atoms with Gasteiger partial charge >= 0.3 is 0 Å². The third-order valence-electron chi connectivity index (χ3n) is 5.84. The number of aliphatic hydroxyl groups is 3. The molecule has 2 aliphatic rings. The Bertz CT molecular complexity index is 800. The van der Waals surface area contributed by atoms with Crippen molar-refractivity contribution in [1.82, 2.24) is 0 Å². The normalized spacial score (nSPS) is 31.7. The van der Waals surface area contributed by atoms with Crippen LogP contribution in [0.5, 0.6) is 0 Å². The molecule has 1 saturated heterocycles. The van der Waals surface area contributed by atoms with Crippen LogP contribution in [0.3, 0.4) is 0 Å². The highest BCUT2D eigenvalue weighted by Crippen LogP contribution is 2.32. The van der Waals surface area contributed by atoms with Gasteiger partial charge in [0.05, 0.1) is 42.6 Å². The van der Waals surface area contributed by atoms with Crippen molar-refractivity contribution in [2.75, 3.05) is 18.6 Å². The molecule has 1 heterocycles. The van der Waals surface area contributed by atoms with E-state index in [-0.39, 0.29) is 17.7 Å². The lowest BCUT2D eigenvalue weighted by Gasteiger charge is -2.43. The first-order valence-electron chi connectivity index (χ1n) is 10.1. The van der Waals surface area contributed by atoms with Crippen LogP contribution in [0.1, 0.15) is 37.7 Å². The summed E-state index contributed by atoms with van der Waals surface area (Å²) < 4.78 is 25.2. The molecule has 1 aromatic carbocycles. The van der Waals surface area contributed by atoms with Gasteiger partial charge in [-0.3, -0.25) is 4.79 Å². The smallest absolute Gasteiger partial charge is 0.259 e. The number of amides is 1. The molecule has 0 aromatic heterocycles. The molecular formula is C21H27FN2O6. The molecule has 3 N–H and O–H groups in total. The van der Waals surface area contributed by atoms with Gasteiger partial charge in [0, 0.05) is 19.2 Å². The molecule has 1 saturated carbocycles. The van der Waals surface area contributed by atoms with Gasteiger partial charge in [-0.25, -0.2) is 4.39 Å². The molecule has 0 spiro atoms. The minimum Gasteiger partial charge on any atom is -0.394 e. The molecule has 2 fully saturated rings. The zero-order chi connectivity index (χ0) is 21.8. The summed E-state index contributed by atoms with van der Waals surface area (Å²) in [6, 6.07) is 4.85. The maximum Gasteiger partial charge on any atom is 0.259 e. The van der Waals surface area contributed by atoms with E-state index in [0.29, 0.717) is 12.8 Å².